The Bertz CT molecular complexity index is 940. The zero-order valence-corrected chi connectivity index (χ0v) is 19.1. The zero-order chi connectivity index (χ0) is 21.8. The summed E-state index contributed by atoms with van der Waals surface area (Å²) in [5.41, 5.74) is 5.46. The monoisotopic (exact) mass is 429 g/mol. The number of hydrogen-bond donors (Lipinski definition) is 0. The Balaban J connectivity index is 1.17. The lowest BCUT2D eigenvalue weighted by molar-refractivity contribution is -0.126. The molecule has 0 spiro atoms. The number of carbonyl (C=O) groups excluding carboxylic acids is 1. The van der Waals surface area contributed by atoms with Gasteiger partial charge in [-0.05, 0) is 60.6 Å². The van der Waals surface area contributed by atoms with Crippen molar-refractivity contribution in [2.45, 2.75) is 44.6 Å². The average molecular weight is 430 g/mol. The molecule has 2 heterocycles. The number of benzene rings is 2. The van der Waals surface area contributed by atoms with Gasteiger partial charge in [-0.1, -0.05) is 49.2 Å². The summed E-state index contributed by atoms with van der Waals surface area (Å²) in [6, 6.07) is 17.9. The van der Waals surface area contributed by atoms with E-state index in [-0.39, 0.29) is 5.91 Å². The minimum atomic E-state index is 0.113. The molecule has 168 valence electrons. The van der Waals surface area contributed by atoms with E-state index in [1.807, 2.05) is 41.3 Å². The summed E-state index contributed by atoms with van der Waals surface area (Å²) in [7, 11) is 0. The van der Waals surface area contributed by atoms with Gasteiger partial charge in [-0.25, -0.2) is 0 Å². The van der Waals surface area contributed by atoms with Crippen LogP contribution in [0.3, 0.4) is 0 Å². The highest BCUT2D eigenvalue weighted by atomic mass is 16.2. The number of carbonyl (C=O) groups is 1. The predicted octanol–water partition coefficient (Wildman–Crippen LogP) is 4.39. The molecule has 0 N–H and O–H groups in total. The molecular formula is C28H35N3O. The van der Waals surface area contributed by atoms with Crippen molar-refractivity contribution in [1.29, 1.82) is 0 Å². The SMILES string of the molecule is O=C(/C=C/c1ccccc1)N1CCN(c2ccc3c(c2)CCN(C2CCCC2)CC3)CC1. The van der Waals surface area contributed by atoms with Crippen LogP contribution in [0.25, 0.3) is 6.08 Å². The Morgan fingerprint density at radius 2 is 1.53 bits per heavy atom. The van der Waals surface area contributed by atoms with Crippen LogP contribution in [0.2, 0.25) is 0 Å². The molecular weight excluding hydrogens is 394 g/mol. The predicted molar refractivity (Wildman–Crippen MR) is 132 cm³/mol. The number of hydrogen-bond acceptors (Lipinski definition) is 3. The van der Waals surface area contributed by atoms with E-state index in [4.69, 9.17) is 0 Å². The van der Waals surface area contributed by atoms with Gasteiger partial charge >= 0.3 is 0 Å². The van der Waals surface area contributed by atoms with E-state index in [1.54, 1.807) is 6.08 Å². The van der Waals surface area contributed by atoms with Crippen LogP contribution in [-0.2, 0) is 17.6 Å². The molecule has 3 aliphatic rings. The van der Waals surface area contributed by atoms with Gasteiger partial charge < -0.3 is 9.80 Å². The second kappa shape index (κ2) is 9.91. The third-order valence-corrected chi connectivity index (χ3v) is 7.54. The van der Waals surface area contributed by atoms with Gasteiger partial charge in [-0.3, -0.25) is 9.69 Å². The Morgan fingerprint density at radius 1 is 0.812 bits per heavy atom. The molecule has 32 heavy (non-hydrogen) atoms. The van der Waals surface area contributed by atoms with Crippen LogP contribution < -0.4 is 4.90 Å². The van der Waals surface area contributed by atoms with E-state index in [1.165, 1.54) is 68.4 Å². The Morgan fingerprint density at radius 3 is 2.28 bits per heavy atom. The van der Waals surface area contributed by atoms with Gasteiger partial charge in [-0.15, -0.1) is 0 Å². The maximum atomic E-state index is 12.6. The summed E-state index contributed by atoms with van der Waals surface area (Å²) >= 11 is 0. The lowest BCUT2D eigenvalue weighted by Crippen LogP contribution is -2.48. The normalized spacial score (nSPS) is 20.5. The number of rotatable bonds is 4. The van der Waals surface area contributed by atoms with Gasteiger partial charge in [0, 0.05) is 57.1 Å². The van der Waals surface area contributed by atoms with Crippen LogP contribution in [0.15, 0.2) is 54.6 Å². The summed E-state index contributed by atoms with van der Waals surface area (Å²) in [6.45, 7) is 5.79. The lowest BCUT2D eigenvalue weighted by Gasteiger charge is -2.36. The molecule has 1 saturated heterocycles. The highest BCUT2D eigenvalue weighted by Gasteiger charge is 2.25. The average Bonchev–Trinajstić information content (AvgIpc) is 3.30. The highest BCUT2D eigenvalue weighted by molar-refractivity contribution is 5.92. The lowest BCUT2D eigenvalue weighted by atomic mass is 10.0. The van der Waals surface area contributed by atoms with E-state index >= 15 is 0 Å². The summed E-state index contributed by atoms with van der Waals surface area (Å²) in [6.07, 6.45) is 11.6. The minimum Gasteiger partial charge on any atom is -0.368 e. The summed E-state index contributed by atoms with van der Waals surface area (Å²) < 4.78 is 0. The highest BCUT2D eigenvalue weighted by Crippen LogP contribution is 2.28. The van der Waals surface area contributed by atoms with E-state index in [2.05, 4.69) is 28.0 Å². The first-order valence-electron chi connectivity index (χ1n) is 12.4. The van der Waals surface area contributed by atoms with Crippen LogP contribution in [0, 0.1) is 0 Å². The molecule has 1 aliphatic carbocycles. The summed E-state index contributed by atoms with van der Waals surface area (Å²) in [5, 5.41) is 0. The number of anilines is 1. The van der Waals surface area contributed by atoms with Gasteiger partial charge in [0.15, 0.2) is 0 Å². The van der Waals surface area contributed by atoms with Crippen molar-refractivity contribution < 1.29 is 4.79 Å². The fraction of sp³-hybridized carbons (Fsp3) is 0.464. The second-order valence-electron chi connectivity index (χ2n) is 9.48. The minimum absolute atomic E-state index is 0.113. The van der Waals surface area contributed by atoms with Gasteiger partial charge in [0.05, 0.1) is 0 Å². The van der Waals surface area contributed by atoms with Crippen molar-refractivity contribution in [2.24, 2.45) is 0 Å². The van der Waals surface area contributed by atoms with Crippen molar-refractivity contribution in [3.63, 3.8) is 0 Å². The third-order valence-electron chi connectivity index (χ3n) is 7.54. The first kappa shape index (κ1) is 21.3. The van der Waals surface area contributed by atoms with Crippen LogP contribution in [0.4, 0.5) is 5.69 Å². The summed E-state index contributed by atoms with van der Waals surface area (Å²) in [4.78, 5) is 19.8. The first-order chi connectivity index (χ1) is 15.8. The second-order valence-corrected chi connectivity index (χ2v) is 9.48. The molecule has 0 aromatic heterocycles. The number of fused-ring (bicyclic) bond motifs is 1. The fourth-order valence-electron chi connectivity index (χ4n) is 5.58. The molecule has 1 amide bonds. The van der Waals surface area contributed by atoms with Crippen LogP contribution in [-0.4, -0.2) is 61.0 Å². The standard InChI is InChI=1S/C28H35N3O/c32-28(13-10-23-6-2-1-3-7-23)31-20-18-30(19-21-31)27-12-11-24-14-16-29(17-15-25(24)22-27)26-8-4-5-9-26/h1-3,6-7,10-13,22,26H,4-5,8-9,14-21H2/b13-10+. The van der Waals surface area contributed by atoms with Crippen molar-refractivity contribution in [3.05, 3.63) is 71.3 Å². The smallest absolute Gasteiger partial charge is 0.246 e. The molecule has 0 unspecified atom stereocenters. The van der Waals surface area contributed by atoms with Gasteiger partial charge in [0.25, 0.3) is 0 Å². The molecule has 0 radical (unpaired) electrons. The van der Waals surface area contributed by atoms with Crippen molar-refractivity contribution >= 4 is 17.7 Å². The fourth-order valence-corrected chi connectivity index (χ4v) is 5.58. The zero-order valence-electron chi connectivity index (χ0n) is 19.1. The molecule has 5 rings (SSSR count). The van der Waals surface area contributed by atoms with Crippen LogP contribution >= 0.6 is 0 Å². The van der Waals surface area contributed by atoms with Gasteiger partial charge in [0.1, 0.15) is 0 Å². The van der Waals surface area contributed by atoms with Crippen molar-refractivity contribution in [3.8, 4) is 0 Å². The molecule has 0 atom stereocenters. The topological polar surface area (TPSA) is 26.8 Å². The number of nitrogens with zero attached hydrogens (tertiary/aromatic N) is 3. The Hall–Kier alpha value is -2.59. The van der Waals surface area contributed by atoms with E-state index in [0.29, 0.717) is 0 Å². The van der Waals surface area contributed by atoms with E-state index < -0.39 is 0 Å². The Labute approximate surface area is 192 Å². The third kappa shape index (κ3) is 4.91. The number of amides is 1. The maximum Gasteiger partial charge on any atom is 0.246 e. The molecule has 0 bridgehead atoms. The van der Waals surface area contributed by atoms with E-state index in [0.717, 1.165) is 37.8 Å². The molecule has 4 heteroatoms. The molecule has 2 fully saturated rings. The molecule has 2 aromatic carbocycles. The summed E-state index contributed by atoms with van der Waals surface area (Å²) in [5.74, 6) is 0.113. The molecule has 4 nitrogen and oxygen atoms in total. The number of piperazine rings is 1. The molecule has 1 saturated carbocycles. The largest absolute Gasteiger partial charge is 0.368 e. The van der Waals surface area contributed by atoms with Crippen molar-refractivity contribution in [1.82, 2.24) is 9.80 Å². The van der Waals surface area contributed by atoms with Crippen LogP contribution in [0.1, 0.15) is 42.4 Å². The van der Waals surface area contributed by atoms with Crippen molar-refractivity contribution in [2.75, 3.05) is 44.2 Å². The van der Waals surface area contributed by atoms with Crippen LogP contribution in [0.5, 0.6) is 0 Å². The first-order valence-corrected chi connectivity index (χ1v) is 12.4. The van der Waals surface area contributed by atoms with E-state index in [9.17, 15) is 4.79 Å². The maximum absolute atomic E-state index is 12.6. The molecule has 2 aliphatic heterocycles. The van der Waals surface area contributed by atoms with Gasteiger partial charge in [0.2, 0.25) is 5.91 Å². The van der Waals surface area contributed by atoms with Gasteiger partial charge in [-0.2, -0.15) is 0 Å². The Kier molecular flexibility index (Phi) is 6.59. The quantitative estimate of drug-likeness (QED) is 0.675. The molecule has 2 aromatic rings.